The predicted octanol–water partition coefficient (Wildman–Crippen LogP) is 3.00. The molecule has 0 saturated carbocycles. The van der Waals surface area contributed by atoms with Gasteiger partial charge < -0.3 is 9.47 Å². The summed E-state index contributed by atoms with van der Waals surface area (Å²) in [6, 6.07) is 7.58. The number of hydrogen-bond acceptors (Lipinski definition) is 4. The monoisotopic (exact) mass is 290 g/mol. The van der Waals surface area contributed by atoms with Crippen LogP contribution in [0.2, 0.25) is 0 Å². The Morgan fingerprint density at radius 2 is 1.62 bits per heavy atom. The molecule has 21 heavy (non-hydrogen) atoms. The SMILES string of the molecule is C=C(C)c1ccccc1CC(C(=O)OCC)C(=O)OCC. The van der Waals surface area contributed by atoms with Crippen LogP contribution in [-0.2, 0) is 25.5 Å². The van der Waals surface area contributed by atoms with Crippen LogP contribution >= 0.6 is 0 Å². The summed E-state index contributed by atoms with van der Waals surface area (Å²) in [5, 5.41) is 0. The summed E-state index contributed by atoms with van der Waals surface area (Å²) in [5.74, 6) is -2.04. The molecule has 1 aromatic rings. The van der Waals surface area contributed by atoms with Crippen LogP contribution in [0, 0.1) is 5.92 Å². The van der Waals surface area contributed by atoms with Crippen molar-refractivity contribution < 1.29 is 19.1 Å². The van der Waals surface area contributed by atoms with Gasteiger partial charge >= 0.3 is 11.9 Å². The molecular weight excluding hydrogens is 268 g/mol. The van der Waals surface area contributed by atoms with Crippen molar-refractivity contribution in [3.63, 3.8) is 0 Å². The lowest BCUT2D eigenvalue weighted by Gasteiger charge is -2.16. The molecule has 0 aromatic heterocycles. The third kappa shape index (κ3) is 4.74. The highest BCUT2D eigenvalue weighted by Gasteiger charge is 2.30. The summed E-state index contributed by atoms with van der Waals surface area (Å²) in [4.78, 5) is 24.0. The number of allylic oxidation sites excluding steroid dienone is 1. The largest absolute Gasteiger partial charge is 0.465 e. The van der Waals surface area contributed by atoms with E-state index in [-0.39, 0.29) is 19.6 Å². The second-order valence-corrected chi connectivity index (χ2v) is 4.70. The summed E-state index contributed by atoms with van der Waals surface area (Å²) in [6.07, 6.45) is 0.251. The Hall–Kier alpha value is -2.10. The van der Waals surface area contributed by atoms with Gasteiger partial charge in [0.2, 0.25) is 0 Å². The Morgan fingerprint density at radius 3 is 2.10 bits per heavy atom. The highest BCUT2D eigenvalue weighted by molar-refractivity contribution is 5.95. The first-order valence-corrected chi connectivity index (χ1v) is 7.08. The molecule has 4 heteroatoms. The average Bonchev–Trinajstić information content (AvgIpc) is 2.45. The lowest BCUT2D eigenvalue weighted by molar-refractivity contribution is -0.161. The fourth-order valence-corrected chi connectivity index (χ4v) is 2.08. The van der Waals surface area contributed by atoms with Crippen molar-refractivity contribution in [2.24, 2.45) is 5.92 Å². The fourth-order valence-electron chi connectivity index (χ4n) is 2.08. The van der Waals surface area contributed by atoms with E-state index in [9.17, 15) is 9.59 Å². The molecule has 0 unspecified atom stereocenters. The van der Waals surface area contributed by atoms with Gasteiger partial charge in [-0.25, -0.2) is 0 Å². The maximum absolute atomic E-state index is 12.0. The van der Waals surface area contributed by atoms with Gasteiger partial charge in [0.15, 0.2) is 5.92 Å². The first kappa shape index (κ1) is 17.0. The van der Waals surface area contributed by atoms with E-state index >= 15 is 0 Å². The molecule has 1 rings (SSSR count). The summed E-state index contributed by atoms with van der Waals surface area (Å²) in [5.41, 5.74) is 2.71. The Balaban J connectivity index is 3.03. The van der Waals surface area contributed by atoms with E-state index in [1.54, 1.807) is 13.8 Å². The van der Waals surface area contributed by atoms with Crippen LogP contribution < -0.4 is 0 Å². The van der Waals surface area contributed by atoms with E-state index in [1.807, 2.05) is 31.2 Å². The van der Waals surface area contributed by atoms with Gasteiger partial charge in [-0.05, 0) is 38.3 Å². The molecule has 0 radical (unpaired) electrons. The molecule has 1 aromatic carbocycles. The van der Waals surface area contributed by atoms with Crippen molar-refractivity contribution in [2.75, 3.05) is 13.2 Å². The minimum atomic E-state index is -0.939. The first-order valence-electron chi connectivity index (χ1n) is 7.08. The van der Waals surface area contributed by atoms with Gasteiger partial charge in [-0.2, -0.15) is 0 Å². The summed E-state index contributed by atoms with van der Waals surface area (Å²) < 4.78 is 9.96. The Bertz CT molecular complexity index is 501. The molecular formula is C17H22O4. The Kier molecular flexibility index (Phi) is 6.66. The smallest absolute Gasteiger partial charge is 0.320 e. The molecule has 0 fully saturated rings. The lowest BCUT2D eigenvalue weighted by atomic mass is 9.93. The van der Waals surface area contributed by atoms with Crippen molar-refractivity contribution in [2.45, 2.75) is 27.2 Å². The van der Waals surface area contributed by atoms with Crippen LogP contribution in [0.1, 0.15) is 31.9 Å². The zero-order valence-electron chi connectivity index (χ0n) is 12.8. The zero-order valence-corrected chi connectivity index (χ0v) is 12.8. The van der Waals surface area contributed by atoms with Crippen LogP contribution in [0.3, 0.4) is 0 Å². The minimum absolute atomic E-state index is 0.233. The average molecular weight is 290 g/mol. The van der Waals surface area contributed by atoms with Gasteiger partial charge in [-0.15, -0.1) is 0 Å². The van der Waals surface area contributed by atoms with Crippen LogP contribution in [0.25, 0.3) is 5.57 Å². The molecule has 0 aliphatic carbocycles. The van der Waals surface area contributed by atoms with E-state index in [2.05, 4.69) is 6.58 Å². The quantitative estimate of drug-likeness (QED) is 0.572. The minimum Gasteiger partial charge on any atom is -0.465 e. The molecule has 114 valence electrons. The van der Waals surface area contributed by atoms with Crippen LogP contribution in [0.15, 0.2) is 30.8 Å². The van der Waals surface area contributed by atoms with Crippen molar-refractivity contribution >= 4 is 17.5 Å². The van der Waals surface area contributed by atoms with E-state index in [1.165, 1.54) is 0 Å². The molecule has 4 nitrogen and oxygen atoms in total. The predicted molar refractivity (Wildman–Crippen MR) is 81.6 cm³/mol. The highest BCUT2D eigenvalue weighted by atomic mass is 16.6. The van der Waals surface area contributed by atoms with E-state index in [0.29, 0.717) is 0 Å². The van der Waals surface area contributed by atoms with Gasteiger partial charge in [0, 0.05) is 0 Å². The number of rotatable bonds is 7. The molecule has 0 bridgehead atoms. The number of esters is 2. The fraction of sp³-hybridized carbons (Fsp3) is 0.412. The maximum Gasteiger partial charge on any atom is 0.320 e. The van der Waals surface area contributed by atoms with Crippen LogP contribution in [0.4, 0.5) is 0 Å². The van der Waals surface area contributed by atoms with Crippen molar-refractivity contribution in [1.82, 2.24) is 0 Å². The van der Waals surface area contributed by atoms with Gasteiger partial charge in [0.25, 0.3) is 0 Å². The molecule has 0 amide bonds. The highest BCUT2D eigenvalue weighted by Crippen LogP contribution is 2.21. The van der Waals surface area contributed by atoms with Crippen molar-refractivity contribution in [1.29, 1.82) is 0 Å². The topological polar surface area (TPSA) is 52.6 Å². The van der Waals surface area contributed by atoms with Gasteiger partial charge in [0.1, 0.15) is 0 Å². The Morgan fingerprint density at radius 1 is 1.10 bits per heavy atom. The standard InChI is InChI=1S/C17H22O4/c1-5-20-16(18)15(17(19)21-6-2)11-13-9-7-8-10-14(13)12(3)4/h7-10,15H,3,5-6,11H2,1-2,4H3. The normalized spacial score (nSPS) is 10.3. The first-order chi connectivity index (χ1) is 10.0. The number of carbonyl (C=O) groups is 2. The molecule has 0 heterocycles. The van der Waals surface area contributed by atoms with Gasteiger partial charge in [-0.1, -0.05) is 36.4 Å². The van der Waals surface area contributed by atoms with Gasteiger partial charge in [-0.3, -0.25) is 9.59 Å². The van der Waals surface area contributed by atoms with Gasteiger partial charge in [0.05, 0.1) is 13.2 Å². The summed E-state index contributed by atoms with van der Waals surface area (Å²) >= 11 is 0. The summed E-state index contributed by atoms with van der Waals surface area (Å²) in [7, 11) is 0. The second kappa shape index (κ2) is 8.25. The number of ether oxygens (including phenoxy) is 2. The van der Waals surface area contributed by atoms with Crippen LogP contribution in [0.5, 0.6) is 0 Å². The number of hydrogen-bond donors (Lipinski definition) is 0. The molecule has 0 aliphatic rings. The Labute approximate surface area is 125 Å². The lowest BCUT2D eigenvalue weighted by Crippen LogP contribution is -2.30. The van der Waals surface area contributed by atoms with E-state index < -0.39 is 17.9 Å². The number of carbonyl (C=O) groups excluding carboxylic acids is 2. The van der Waals surface area contributed by atoms with E-state index in [0.717, 1.165) is 16.7 Å². The molecule has 0 saturated heterocycles. The number of benzene rings is 1. The second-order valence-electron chi connectivity index (χ2n) is 4.70. The molecule has 0 aliphatic heterocycles. The third-order valence-corrected chi connectivity index (χ3v) is 3.04. The van der Waals surface area contributed by atoms with E-state index in [4.69, 9.17) is 9.47 Å². The van der Waals surface area contributed by atoms with Crippen molar-refractivity contribution in [3.05, 3.63) is 42.0 Å². The molecule has 0 atom stereocenters. The molecule has 0 N–H and O–H groups in total. The van der Waals surface area contributed by atoms with Crippen molar-refractivity contribution in [3.8, 4) is 0 Å². The summed E-state index contributed by atoms with van der Waals surface area (Å²) in [6.45, 7) is 9.70. The maximum atomic E-state index is 12.0. The zero-order chi connectivity index (χ0) is 15.8. The third-order valence-electron chi connectivity index (χ3n) is 3.04. The molecule has 0 spiro atoms. The van der Waals surface area contributed by atoms with Crippen LogP contribution in [-0.4, -0.2) is 25.2 Å².